The Balaban J connectivity index is 1.99. The van der Waals surface area contributed by atoms with Crippen LogP contribution in [0.25, 0.3) is 0 Å². The van der Waals surface area contributed by atoms with Gasteiger partial charge in [0.05, 0.1) is 0 Å². The third-order valence-electron chi connectivity index (χ3n) is 3.00. The molecule has 0 spiro atoms. The molecule has 102 valence electrons. The normalized spacial score (nSPS) is 15.8. The van der Waals surface area contributed by atoms with Crippen molar-refractivity contribution in [3.63, 3.8) is 0 Å². The summed E-state index contributed by atoms with van der Waals surface area (Å²) in [6.45, 7) is 2.82. The average Bonchev–Trinajstić information content (AvgIpc) is 2.39. The van der Waals surface area contributed by atoms with Crippen molar-refractivity contribution in [1.29, 1.82) is 0 Å². The smallest absolute Gasteiger partial charge is 0.251 e. The molecule has 1 aliphatic rings. The van der Waals surface area contributed by atoms with Crippen LogP contribution in [0.15, 0.2) is 24.3 Å². The molecule has 0 saturated carbocycles. The molecule has 1 fully saturated rings. The van der Waals surface area contributed by atoms with E-state index in [2.05, 4.69) is 10.6 Å². The molecule has 0 unspecified atom stereocenters. The topological polar surface area (TPSA) is 67.4 Å². The van der Waals surface area contributed by atoms with Gasteiger partial charge < -0.3 is 15.4 Å². The Bertz CT molecular complexity index is 468. The molecule has 1 aliphatic heterocycles. The number of carbonyl (C=O) groups excluding carboxylic acids is 2. The van der Waals surface area contributed by atoms with Gasteiger partial charge in [-0.25, -0.2) is 0 Å². The summed E-state index contributed by atoms with van der Waals surface area (Å²) in [7, 11) is 0. The van der Waals surface area contributed by atoms with Crippen LogP contribution in [-0.4, -0.2) is 31.1 Å². The number of hydrogen-bond acceptors (Lipinski definition) is 3. The van der Waals surface area contributed by atoms with Gasteiger partial charge in [0.15, 0.2) is 0 Å². The highest BCUT2D eigenvalue weighted by molar-refractivity contribution is 5.96. The Labute approximate surface area is 112 Å². The van der Waals surface area contributed by atoms with Crippen LogP contribution in [-0.2, 0) is 9.53 Å². The molecule has 0 radical (unpaired) electrons. The van der Waals surface area contributed by atoms with Crippen molar-refractivity contribution in [3.05, 3.63) is 29.8 Å². The fourth-order valence-corrected chi connectivity index (χ4v) is 2.05. The highest BCUT2D eigenvalue weighted by Gasteiger charge is 2.17. The van der Waals surface area contributed by atoms with Gasteiger partial charge in [-0.2, -0.15) is 0 Å². The third-order valence-corrected chi connectivity index (χ3v) is 3.00. The number of hydrogen-bond donors (Lipinski definition) is 2. The zero-order valence-corrected chi connectivity index (χ0v) is 10.9. The summed E-state index contributed by atoms with van der Waals surface area (Å²) in [6.07, 6.45) is 1.69. The summed E-state index contributed by atoms with van der Waals surface area (Å²) >= 11 is 0. The molecule has 1 aromatic carbocycles. The number of ether oxygens (including phenoxy) is 1. The van der Waals surface area contributed by atoms with Gasteiger partial charge in [-0.15, -0.1) is 0 Å². The van der Waals surface area contributed by atoms with E-state index >= 15 is 0 Å². The van der Waals surface area contributed by atoms with E-state index in [9.17, 15) is 9.59 Å². The van der Waals surface area contributed by atoms with E-state index in [0.717, 1.165) is 12.8 Å². The quantitative estimate of drug-likeness (QED) is 0.868. The highest BCUT2D eigenvalue weighted by Crippen LogP contribution is 2.12. The molecular formula is C14H18N2O3. The van der Waals surface area contributed by atoms with Crippen LogP contribution in [0.5, 0.6) is 0 Å². The van der Waals surface area contributed by atoms with Gasteiger partial charge >= 0.3 is 0 Å². The molecule has 0 atom stereocenters. The lowest BCUT2D eigenvalue weighted by Gasteiger charge is -2.23. The summed E-state index contributed by atoms with van der Waals surface area (Å²) in [5, 5.41) is 5.65. The summed E-state index contributed by atoms with van der Waals surface area (Å²) in [4.78, 5) is 23.1. The maximum Gasteiger partial charge on any atom is 0.251 e. The van der Waals surface area contributed by atoms with Gasteiger partial charge in [0.1, 0.15) is 0 Å². The second-order valence-electron chi connectivity index (χ2n) is 4.62. The SMILES string of the molecule is CC(=O)Nc1cccc(C(=O)NC2CCOCC2)c1. The fraction of sp³-hybridized carbons (Fsp3) is 0.429. The summed E-state index contributed by atoms with van der Waals surface area (Å²) in [5.41, 5.74) is 1.19. The van der Waals surface area contributed by atoms with Crippen LogP contribution in [0.2, 0.25) is 0 Å². The first kappa shape index (κ1) is 13.5. The molecule has 1 heterocycles. The minimum absolute atomic E-state index is 0.112. The van der Waals surface area contributed by atoms with Crippen LogP contribution in [0.4, 0.5) is 5.69 Å². The van der Waals surface area contributed by atoms with Gasteiger partial charge in [-0.3, -0.25) is 9.59 Å². The lowest BCUT2D eigenvalue weighted by atomic mass is 10.1. The van der Waals surface area contributed by atoms with Crippen LogP contribution < -0.4 is 10.6 Å². The molecule has 5 heteroatoms. The van der Waals surface area contributed by atoms with Gasteiger partial charge in [0.25, 0.3) is 5.91 Å². The Morgan fingerprint density at radius 3 is 2.68 bits per heavy atom. The van der Waals surface area contributed by atoms with E-state index < -0.39 is 0 Å². The standard InChI is InChI=1S/C14H18N2O3/c1-10(17)15-13-4-2-3-11(9-13)14(18)16-12-5-7-19-8-6-12/h2-4,9,12H,5-8H2,1H3,(H,15,17)(H,16,18). The van der Waals surface area contributed by atoms with Crippen molar-refractivity contribution >= 4 is 17.5 Å². The predicted molar refractivity (Wildman–Crippen MR) is 72.1 cm³/mol. The number of carbonyl (C=O) groups is 2. The number of anilines is 1. The summed E-state index contributed by atoms with van der Waals surface area (Å²) < 4.78 is 5.25. The molecule has 2 N–H and O–H groups in total. The van der Waals surface area contributed by atoms with E-state index in [1.165, 1.54) is 6.92 Å². The maximum atomic E-state index is 12.1. The molecule has 2 amide bonds. The van der Waals surface area contributed by atoms with E-state index in [0.29, 0.717) is 24.5 Å². The lowest BCUT2D eigenvalue weighted by molar-refractivity contribution is -0.114. The Morgan fingerprint density at radius 2 is 2.00 bits per heavy atom. The van der Waals surface area contributed by atoms with E-state index in [4.69, 9.17) is 4.74 Å². The third kappa shape index (κ3) is 4.06. The van der Waals surface area contributed by atoms with Crippen LogP contribution in [0.1, 0.15) is 30.1 Å². The first-order valence-corrected chi connectivity index (χ1v) is 6.41. The maximum absolute atomic E-state index is 12.1. The van der Waals surface area contributed by atoms with E-state index in [-0.39, 0.29) is 17.9 Å². The molecule has 1 aromatic rings. The molecule has 5 nitrogen and oxygen atoms in total. The van der Waals surface area contributed by atoms with Gasteiger partial charge in [0.2, 0.25) is 5.91 Å². The fourth-order valence-electron chi connectivity index (χ4n) is 2.05. The number of nitrogens with one attached hydrogen (secondary N) is 2. The summed E-state index contributed by atoms with van der Waals surface area (Å²) in [6, 6.07) is 7.10. The van der Waals surface area contributed by atoms with Crippen LogP contribution in [0, 0.1) is 0 Å². The molecule has 19 heavy (non-hydrogen) atoms. The van der Waals surface area contributed by atoms with Crippen molar-refractivity contribution in [2.45, 2.75) is 25.8 Å². The zero-order chi connectivity index (χ0) is 13.7. The number of rotatable bonds is 3. The Hall–Kier alpha value is -1.88. The largest absolute Gasteiger partial charge is 0.381 e. The average molecular weight is 262 g/mol. The van der Waals surface area contributed by atoms with Crippen molar-refractivity contribution in [2.24, 2.45) is 0 Å². The molecule has 0 aliphatic carbocycles. The van der Waals surface area contributed by atoms with Crippen molar-refractivity contribution in [2.75, 3.05) is 18.5 Å². The number of benzene rings is 1. The van der Waals surface area contributed by atoms with Crippen LogP contribution >= 0.6 is 0 Å². The van der Waals surface area contributed by atoms with Crippen molar-refractivity contribution in [3.8, 4) is 0 Å². The second-order valence-corrected chi connectivity index (χ2v) is 4.62. The first-order valence-electron chi connectivity index (χ1n) is 6.41. The van der Waals surface area contributed by atoms with E-state index in [1.54, 1.807) is 24.3 Å². The first-order chi connectivity index (χ1) is 9.15. The molecule has 1 saturated heterocycles. The molecule has 0 aromatic heterocycles. The van der Waals surface area contributed by atoms with Gasteiger partial charge in [-0.05, 0) is 31.0 Å². The predicted octanol–water partition coefficient (Wildman–Crippen LogP) is 1.55. The van der Waals surface area contributed by atoms with Crippen molar-refractivity contribution < 1.29 is 14.3 Å². The Kier molecular flexibility index (Phi) is 4.52. The second kappa shape index (κ2) is 6.33. The van der Waals surface area contributed by atoms with Gasteiger partial charge in [-0.1, -0.05) is 6.07 Å². The summed E-state index contributed by atoms with van der Waals surface area (Å²) in [5.74, 6) is -0.263. The molecule has 0 bridgehead atoms. The van der Waals surface area contributed by atoms with Crippen LogP contribution in [0.3, 0.4) is 0 Å². The van der Waals surface area contributed by atoms with E-state index in [1.807, 2.05) is 0 Å². The molecule has 2 rings (SSSR count). The lowest BCUT2D eigenvalue weighted by Crippen LogP contribution is -2.38. The monoisotopic (exact) mass is 262 g/mol. The Morgan fingerprint density at radius 1 is 1.26 bits per heavy atom. The minimum atomic E-state index is -0.151. The number of amides is 2. The highest BCUT2D eigenvalue weighted by atomic mass is 16.5. The van der Waals surface area contributed by atoms with Crippen molar-refractivity contribution in [1.82, 2.24) is 5.32 Å². The minimum Gasteiger partial charge on any atom is -0.381 e. The van der Waals surface area contributed by atoms with Gasteiger partial charge in [0, 0.05) is 37.4 Å². The molecular weight excluding hydrogens is 244 g/mol. The zero-order valence-electron chi connectivity index (χ0n) is 10.9.